The van der Waals surface area contributed by atoms with E-state index in [4.69, 9.17) is 86.9 Å². The summed E-state index contributed by atoms with van der Waals surface area (Å²) in [6, 6.07) is 6.34. The lowest BCUT2D eigenvalue weighted by atomic mass is 9.87. The Morgan fingerprint density at radius 3 is 1.80 bits per heavy atom. The molecule has 2 heterocycles. The van der Waals surface area contributed by atoms with E-state index in [2.05, 4.69) is 5.32 Å². The summed E-state index contributed by atoms with van der Waals surface area (Å²) in [7, 11) is 0. The topological polar surface area (TPSA) is 296 Å². The van der Waals surface area contributed by atoms with Gasteiger partial charge in [-0.3, -0.25) is 43.2 Å². The van der Waals surface area contributed by atoms with Crippen molar-refractivity contribution < 1.29 is 100 Å². The molecule has 2 N–H and O–H groups in total. The number of amides is 2. The zero-order chi connectivity index (χ0) is 49.7. The zero-order valence-electron chi connectivity index (χ0n) is 36.7. The average molecular weight is 1000 g/mol. The van der Waals surface area contributed by atoms with Crippen LogP contribution in [0, 0.1) is 0 Å². The standard InChI is InChI=1S/C40H49Cl3N2O21/c1-18(46)44-30-27(59-21(4)49)14-39(38(55)58-15-26-12-10-9-11-13-26,65-33(30)31(61-23(6)51)28(60-22(5)50)16-56-19(2)47)66-35-32(62-24(7)52)29(17-57-20(3)48)64-36(34(35)63-25(8)53)37(54)45-40(41,42)43/h9-13,27-36H,14-17H2,1-8H3,(H,44,46)(H,45,54)/t27-,28+,29+,30+,31+,32-,33+,34+,35-,36-,39-/m0/s1. The van der Waals surface area contributed by atoms with E-state index in [1.165, 1.54) is 0 Å². The molecule has 2 aliphatic rings. The van der Waals surface area contributed by atoms with Gasteiger partial charge in [-0.05, 0) is 5.56 Å². The first-order chi connectivity index (χ1) is 30.7. The van der Waals surface area contributed by atoms with Crippen LogP contribution in [0.4, 0.5) is 0 Å². The molecule has 23 nitrogen and oxygen atoms in total. The number of nitrogens with one attached hydrogen (secondary N) is 2. The average Bonchev–Trinajstić information content (AvgIpc) is 3.18. The SMILES string of the molecule is CC(=O)N[C@H]1[C@H]([C@H](OC(C)=O)[C@@H](COC(C)=O)OC(C)=O)O[C@@](O[C@@H]2[C@@H](OC(C)=O)[C@@H](C(=O)NC(Cl)(Cl)Cl)O[C@H](COC(C)=O)[C@@H]2OC(C)=O)(C(=O)OCc2ccccc2)C[C@@H]1OC(C)=O. The van der Waals surface area contributed by atoms with E-state index in [9.17, 15) is 43.2 Å². The number of halogens is 3. The van der Waals surface area contributed by atoms with E-state index < -0.39 is 156 Å². The molecular weight excluding hydrogens is 951 g/mol. The fourth-order valence-electron chi connectivity index (χ4n) is 6.88. The van der Waals surface area contributed by atoms with Gasteiger partial charge in [-0.1, -0.05) is 65.1 Å². The van der Waals surface area contributed by atoms with Crippen LogP contribution in [0.1, 0.15) is 67.4 Å². The number of benzene rings is 1. The smallest absolute Gasteiger partial charge is 0.367 e. The molecule has 26 heteroatoms. The van der Waals surface area contributed by atoms with Crippen molar-refractivity contribution in [3.8, 4) is 0 Å². The largest absolute Gasteiger partial charge is 0.463 e. The fourth-order valence-corrected chi connectivity index (χ4v) is 7.16. The number of carbonyl (C=O) groups excluding carboxylic acids is 10. The van der Waals surface area contributed by atoms with E-state index in [0.717, 1.165) is 55.4 Å². The summed E-state index contributed by atoms with van der Waals surface area (Å²) in [6.07, 6.45) is -18.9. The molecule has 3 rings (SSSR count). The van der Waals surface area contributed by atoms with Crippen LogP contribution in [0.3, 0.4) is 0 Å². The summed E-state index contributed by atoms with van der Waals surface area (Å²) in [5, 5.41) is 4.51. The first-order valence-corrected chi connectivity index (χ1v) is 20.9. The third-order valence-electron chi connectivity index (χ3n) is 9.06. The van der Waals surface area contributed by atoms with Crippen molar-refractivity contribution in [3.63, 3.8) is 0 Å². The molecule has 66 heavy (non-hydrogen) atoms. The molecule has 1 aromatic carbocycles. The van der Waals surface area contributed by atoms with Crippen molar-refractivity contribution in [1.82, 2.24) is 10.6 Å². The highest BCUT2D eigenvalue weighted by molar-refractivity contribution is 6.67. The van der Waals surface area contributed by atoms with Gasteiger partial charge in [0.2, 0.25) is 5.91 Å². The minimum atomic E-state index is -3.11. The van der Waals surface area contributed by atoms with Crippen LogP contribution in [-0.4, -0.2) is 143 Å². The summed E-state index contributed by atoms with van der Waals surface area (Å²) in [5.41, 5.74) is 0.390. The van der Waals surface area contributed by atoms with Crippen molar-refractivity contribution in [2.75, 3.05) is 13.2 Å². The van der Waals surface area contributed by atoms with Gasteiger partial charge in [0, 0.05) is 55.4 Å². The second kappa shape index (κ2) is 24.4. The van der Waals surface area contributed by atoms with Crippen LogP contribution in [-0.2, 0) is 107 Å². The maximum atomic E-state index is 15.0. The Labute approximate surface area is 392 Å². The number of esters is 8. The van der Waals surface area contributed by atoms with Gasteiger partial charge in [-0.2, -0.15) is 0 Å². The molecule has 0 spiro atoms. The molecule has 2 fully saturated rings. The Balaban J connectivity index is 2.51. The lowest BCUT2D eigenvalue weighted by Gasteiger charge is -2.51. The van der Waals surface area contributed by atoms with Crippen LogP contribution in [0.5, 0.6) is 0 Å². The third kappa shape index (κ3) is 16.8. The lowest BCUT2D eigenvalue weighted by Crippen LogP contribution is -2.72. The molecule has 0 radical (unpaired) electrons. The van der Waals surface area contributed by atoms with Gasteiger partial charge in [0.25, 0.3) is 15.6 Å². The van der Waals surface area contributed by atoms with Crippen molar-refractivity contribution in [1.29, 1.82) is 0 Å². The van der Waals surface area contributed by atoms with E-state index in [-0.39, 0.29) is 0 Å². The molecule has 11 atom stereocenters. The van der Waals surface area contributed by atoms with Crippen LogP contribution in [0.25, 0.3) is 0 Å². The van der Waals surface area contributed by atoms with Crippen LogP contribution in [0.2, 0.25) is 0 Å². The predicted octanol–water partition coefficient (Wildman–Crippen LogP) is 1.10. The number of rotatable bonds is 18. The number of carbonyl (C=O) groups is 10. The van der Waals surface area contributed by atoms with Crippen LogP contribution in [0.15, 0.2) is 30.3 Å². The fraction of sp³-hybridized carbons (Fsp3) is 0.600. The van der Waals surface area contributed by atoms with Crippen molar-refractivity contribution in [2.24, 2.45) is 0 Å². The van der Waals surface area contributed by atoms with Gasteiger partial charge in [0.1, 0.15) is 44.2 Å². The second-order valence-corrected chi connectivity index (χ2v) is 16.9. The highest BCUT2D eigenvalue weighted by Gasteiger charge is 2.64. The van der Waals surface area contributed by atoms with E-state index in [1.807, 2.05) is 5.32 Å². The number of alkyl halides is 3. The lowest BCUT2D eigenvalue weighted by molar-refractivity contribution is -0.354. The monoisotopic (exact) mass is 998 g/mol. The quantitative estimate of drug-likeness (QED) is 0.0901. The minimum absolute atomic E-state index is 0.390. The van der Waals surface area contributed by atoms with Gasteiger partial charge in [0.15, 0.2) is 30.5 Å². The Kier molecular flexibility index (Phi) is 20.4. The van der Waals surface area contributed by atoms with Crippen LogP contribution < -0.4 is 10.6 Å². The molecule has 2 amide bonds. The highest BCUT2D eigenvalue weighted by Crippen LogP contribution is 2.41. The Morgan fingerprint density at radius 2 is 1.29 bits per heavy atom. The minimum Gasteiger partial charge on any atom is -0.463 e. The molecular formula is C40H49Cl3N2O21. The number of ether oxygens (including phenoxy) is 11. The van der Waals surface area contributed by atoms with Gasteiger partial charge in [-0.15, -0.1) is 0 Å². The predicted molar refractivity (Wildman–Crippen MR) is 219 cm³/mol. The van der Waals surface area contributed by atoms with Crippen molar-refractivity contribution in [2.45, 2.75) is 139 Å². The summed E-state index contributed by atoms with van der Waals surface area (Å²) < 4.78 is 60.4. The third-order valence-corrected chi connectivity index (χ3v) is 9.34. The maximum Gasteiger partial charge on any atom is 0.367 e. The molecule has 1 aromatic rings. The molecule has 0 unspecified atom stereocenters. The van der Waals surface area contributed by atoms with Crippen LogP contribution >= 0.6 is 34.8 Å². The van der Waals surface area contributed by atoms with Crippen molar-refractivity contribution in [3.05, 3.63) is 35.9 Å². The maximum absolute atomic E-state index is 15.0. The Hall–Kier alpha value is -5.33. The van der Waals surface area contributed by atoms with E-state index in [1.54, 1.807) is 30.3 Å². The summed E-state index contributed by atoms with van der Waals surface area (Å²) in [4.78, 5) is 130. The zero-order valence-corrected chi connectivity index (χ0v) is 39.0. The van der Waals surface area contributed by atoms with Gasteiger partial charge >= 0.3 is 47.8 Å². The van der Waals surface area contributed by atoms with Gasteiger partial charge < -0.3 is 62.7 Å². The van der Waals surface area contributed by atoms with Gasteiger partial charge in [-0.25, -0.2) is 4.79 Å². The Bertz CT molecular complexity index is 1970. The normalized spacial score (nSPS) is 25.8. The molecule has 0 bridgehead atoms. The second-order valence-electron chi connectivity index (χ2n) is 14.6. The molecule has 0 saturated carbocycles. The number of hydrogen-bond donors (Lipinski definition) is 2. The highest BCUT2D eigenvalue weighted by atomic mass is 35.6. The molecule has 2 saturated heterocycles. The molecule has 366 valence electrons. The molecule has 0 aromatic heterocycles. The van der Waals surface area contributed by atoms with E-state index >= 15 is 4.79 Å². The summed E-state index contributed by atoms with van der Waals surface area (Å²) >= 11 is 17.6. The summed E-state index contributed by atoms with van der Waals surface area (Å²) in [6.45, 7) is 5.50. The summed E-state index contributed by atoms with van der Waals surface area (Å²) in [5.74, 6) is -13.9. The van der Waals surface area contributed by atoms with E-state index in [0.29, 0.717) is 5.56 Å². The molecule has 2 aliphatic heterocycles. The Morgan fingerprint density at radius 1 is 0.712 bits per heavy atom. The van der Waals surface area contributed by atoms with Gasteiger partial charge in [0.05, 0.1) is 12.5 Å². The van der Waals surface area contributed by atoms with Crippen molar-refractivity contribution >= 4 is 94.4 Å². The molecule has 0 aliphatic carbocycles. The first-order valence-electron chi connectivity index (χ1n) is 19.7. The number of hydrogen-bond acceptors (Lipinski definition) is 21. The first kappa shape index (κ1) is 55.0.